The molecule has 0 aromatic heterocycles. The molecule has 2 aromatic rings. The number of nitrogens with zero attached hydrogens (tertiary/aromatic N) is 2. The summed E-state index contributed by atoms with van der Waals surface area (Å²) in [6.07, 6.45) is 0.635. The van der Waals surface area contributed by atoms with Gasteiger partial charge >= 0.3 is 0 Å². The van der Waals surface area contributed by atoms with Gasteiger partial charge in [0.05, 0.1) is 25.3 Å². The van der Waals surface area contributed by atoms with Crippen LogP contribution in [0.3, 0.4) is 0 Å². The van der Waals surface area contributed by atoms with Gasteiger partial charge in [-0.2, -0.15) is 0 Å². The molecule has 1 aliphatic rings. The number of amides is 1. The van der Waals surface area contributed by atoms with Gasteiger partial charge in [-0.05, 0) is 75.3 Å². The van der Waals surface area contributed by atoms with E-state index in [4.69, 9.17) is 9.47 Å². The maximum atomic E-state index is 13.3. The molecule has 2 aromatic carbocycles. The molecule has 0 saturated carbocycles. The second-order valence-corrected chi connectivity index (χ2v) is 10.5. The average molecular weight is 511 g/mol. The van der Waals surface area contributed by atoms with Crippen LogP contribution in [0.25, 0.3) is 5.76 Å². The highest BCUT2D eigenvalue weighted by Gasteiger charge is 2.46. The lowest BCUT2D eigenvalue weighted by molar-refractivity contribution is -0.139. The van der Waals surface area contributed by atoms with Gasteiger partial charge in [-0.15, -0.1) is 0 Å². The lowest BCUT2D eigenvalue weighted by atomic mass is 9.84. The third-order valence-corrected chi connectivity index (χ3v) is 6.42. The number of carbonyl (C=O) groups is 2. The van der Waals surface area contributed by atoms with Gasteiger partial charge in [-0.3, -0.25) is 9.59 Å². The second-order valence-electron chi connectivity index (χ2n) is 10.5. The van der Waals surface area contributed by atoms with Gasteiger partial charge in [0.25, 0.3) is 11.7 Å². The highest BCUT2D eigenvalue weighted by Crippen LogP contribution is 2.42. The van der Waals surface area contributed by atoms with Crippen molar-refractivity contribution >= 4 is 17.4 Å². The zero-order chi connectivity index (χ0) is 27.5. The number of methoxy groups -OCH3 is 1. The summed E-state index contributed by atoms with van der Waals surface area (Å²) >= 11 is 0. The molecule has 0 radical (unpaired) electrons. The zero-order valence-electron chi connectivity index (χ0n) is 22.8. The molecule has 1 heterocycles. The van der Waals surface area contributed by atoms with Crippen LogP contribution in [0.4, 0.5) is 0 Å². The smallest absolute Gasteiger partial charge is 0.295 e. The number of phenols is 1. The van der Waals surface area contributed by atoms with Crippen LogP contribution in [0, 0.1) is 0 Å². The van der Waals surface area contributed by atoms with E-state index in [0.29, 0.717) is 36.4 Å². The molecule has 200 valence electrons. The number of hydrogen-bond donors (Lipinski definition) is 2. The van der Waals surface area contributed by atoms with Crippen molar-refractivity contribution in [2.45, 2.75) is 45.6 Å². The summed E-state index contributed by atoms with van der Waals surface area (Å²) in [6, 6.07) is 9.17. The number of ether oxygens (including phenoxy) is 2. The third-order valence-electron chi connectivity index (χ3n) is 6.42. The van der Waals surface area contributed by atoms with Crippen LogP contribution in [0.5, 0.6) is 17.2 Å². The quantitative estimate of drug-likeness (QED) is 0.292. The van der Waals surface area contributed by atoms with Gasteiger partial charge in [-0.25, -0.2) is 0 Å². The molecule has 8 heteroatoms. The van der Waals surface area contributed by atoms with E-state index in [9.17, 15) is 19.8 Å². The zero-order valence-corrected chi connectivity index (χ0v) is 22.8. The molecular formula is C29H38N2O6. The number of Topliss-reactive ketones (excluding diaryl/α,β-unsaturated/α-hetero) is 1. The number of phenolic OH excluding ortho intramolecular Hbond substituents is 1. The number of rotatable bonds is 9. The molecule has 1 fully saturated rings. The van der Waals surface area contributed by atoms with Crippen molar-refractivity contribution in [2.24, 2.45) is 0 Å². The monoisotopic (exact) mass is 510 g/mol. The molecule has 37 heavy (non-hydrogen) atoms. The van der Waals surface area contributed by atoms with E-state index >= 15 is 0 Å². The van der Waals surface area contributed by atoms with Crippen LogP contribution in [-0.4, -0.2) is 72.6 Å². The predicted octanol–water partition coefficient (Wildman–Crippen LogP) is 4.47. The van der Waals surface area contributed by atoms with Crippen LogP contribution < -0.4 is 9.47 Å². The Hall–Kier alpha value is -3.52. The first-order valence-corrected chi connectivity index (χ1v) is 12.5. The summed E-state index contributed by atoms with van der Waals surface area (Å²) in [6.45, 7) is 9.55. The average Bonchev–Trinajstić information content (AvgIpc) is 3.08. The van der Waals surface area contributed by atoms with Gasteiger partial charge in [0, 0.05) is 17.7 Å². The van der Waals surface area contributed by atoms with E-state index in [1.54, 1.807) is 24.3 Å². The van der Waals surface area contributed by atoms with E-state index < -0.39 is 17.7 Å². The SMILES string of the molecule is CCOc1ccc(/C(O)=C2/C(=O)C(=O)N(CCCN(C)C)C2c2ccc(OC)c(O)c2)cc1C(C)(C)C. The fourth-order valence-corrected chi connectivity index (χ4v) is 4.59. The molecule has 8 nitrogen and oxygen atoms in total. The predicted molar refractivity (Wildman–Crippen MR) is 143 cm³/mol. The lowest BCUT2D eigenvalue weighted by Crippen LogP contribution is -2.32. The van der Waals surface area contributed by atoms with Crippen molar-refractivity contribution in [1.82, 2.24) is 9.80 Å². The fraction of sp³-hybridized carbons (Fsp3) is 0.448. The Kier molecular flexibility index (Phi) is 8.53. The summed E-state index contributed by atoms with van der Waals surface area (Å²) in [7, 11) is 5.32. The van der Waals surface area contributed by atoms with Crippen molar-refractivity contribution in [2.75, 3.05) is 40.9 Å². The molecule has 0 aliphatic carbocycles. The molecule has 3 rings (SSSR count). The first-order valence-electron chi connectivity index (χ1n) is 12.5. The van der Waals surface area contributed by atoms with Gasteiger partial charge in [0.15, 0.2) is 11.5 Å². The van der Waals surface area contributed by atoms with Crippen molar-refractivity contribution in [1.29, 1.82) is 0 Å². The number of carbonyl (C=O) groups excluding carboxylic acids is 2. The maximum absolute atomic E-state index is 13.3. The Balaban J connectivity index is 2.19. The molecule has 0 bridgehead atoms. The van der Waals surface area contributed by atoms with E-state index in [2.05, 4.69) is 0 Å². The number of ketones is 1. The second kappa shape index (κ2) is 11.3. The first kappa shape index (κ1) is 28.1. The first-order chi connectivity index (χ1) is 17.4. The molecule has 1 saturated heterocycles. The van der Waals surface area contributed by atoms with Crippen LogP contribution in [0.1, 0.15) is 56.8 Å². The highest BCUT2D eigenvalue weighted by atomic mass is 16.5. The normalized spacial score (nSPS) is 17.5. The molecule has 2 N–H and O–H groups in total. The molecule has 0 spiro atoms. The van der Waals surface area contributed by atoms with Crippen LogP contribution in [0.15, 0.2) is 42.0 Å². The van der Waals surface area contributed by atoms with Gasteiger partial charge in [0.2, 0.25) is 0 Å². The molecule has 1 unspecified atom stereocenters. The van der Waals surface area contributed by atoms with E-state index in [1.807, 2.05) is 52.8 Å². The Labute approximate surface area is 219 Å². The van der Waals surface area contributed by atoms with Gasteiger partial charge < -0.3 is 29.5 Å². The van der Waals surface area contributed by atoms with Crippen molar-refractivity contribution in [3.05, 3.63) is 58.7 Å². The lowest BCUT2D eigenvalue weighted by Gasteiger charge is -2.26. The summed E-state index contributed by atoms with van der Waals surface area (Å²) in [5.41, 5.74) is 1.49. The number of likely N-dealkylation sites (tertiary alicyclic amines) is 1. The Bertz CT molecular complexity index is 1200. The summed E-state index contributed by atoms with van der Waals surface area (Å²) in [5.74, 6) is -0.837. The van der Waals surface area contributed by atoms with E-state index in [-0.39, 0.29) is 28.2 Å². The number of aromatic hydroxyl groups is 1. The standard InChI is InChI=1S/C29H38N2O6/c1-8-37-22-12-11-19(16-20(22)29(2,3)4)26(33)24-25(18-10-13-23(36-7)21(32)17-18)31(28(35)27(24)34)15-9-14-30(5)6/h10-13,16-17,25,32-33H,8-9,14-15H2,1-7H3/b26-24-. The Morgan fingerprint density at radius 3 is 2.32 bits per heavy atom. The number of benzene rings is 2. The molecule has 1 atom stereocenters. The topological polar surface area (TPSA) is 99.5 Å². The van der Waals surface area contributed by atoms with Crippen molar-refractivity contribution in [3.8, 4) is 17.2 Å². The largest absolute Gasteiger partial charge is 0.507 e. The minimum Gasteiger partial charge on any atom is -0.507 e. The van der Waals surface area contributed by atoms with Crippen LogP contribution in [0.2, 0.25) is 0 Å². The molecular weight excluding hydrogens is 472 g/mol. The minimum atomic E-state index is -0.858. The fourth-order valence-electron chi connectivity index (χ4n) is 4.59. The summed E-state index contributed by atoms with van der Waals surface area (Å²) in [4.78, 5) is 30.0. The van der Waals surface area contributed by atoms with Crippen LogP contribution >= 0.6 is 0 Å². The maximum Gasteiger partial charge on any atom is 0.295 e. The van der Waals surface area contributed by atoms with Crippen molar-refractivity contribution in [3.63, 3.8) is 0 Å². The highest BCUT2D eigenvalue weighted by molar-refractivity contribution is 6.46. The van der Waals surface area contributed by atoms with Crippen LogP contribution in [-0.2, 0) is 15.0 Å². The van der Waals surface area contributed by atoms with E-state index in [0.717, 1.165) is 12.1 Å². The van der Waals surface area contributed by atoms with Gasteiger partial charge in [-0.1, -0.05) is 26.8 Å². The molecule has 1 aliphatic heterocycles. The van der Waals surface area contributed by atoms with E-state index in [1.165, 1.54) is 18.1 Å². The minimum absolute atomic E-state index is 0.0107. The number of aliphatic hydroxyl groups excluding tert-OH is 1. The van der Waals surface area contributed by atoms with Gasteiger partial charge in [0.1, 0.15) is 11.5 Å². The third kappa shape index (κ3) is 5.91. The Morgan fingerprint density at radius 1 is 1.08 bits per heavy atom. The number of hydrogen-bond acceptors (Lipinski definition) is 7. The summed E-state index contributed by atoms with van der Waals surface area (Å²) < 4.78 is 11.0. The molecule has 1 amide bonds. The number of aliphatic hydroxyl groups is 1. The Morgan fingerprint density at radius 2 is 1.76 bits per heavy atom. The van der Waals surface area contributed by atoms with Crippen molar-refractivity contribution < 1.29 is 29.3 Å². The summed E-state index contributed by atoms with van der Waals surface area (Å²) in [5, 5.41) is 22.0.